The molecule has 1 atom stereocenters. The van der Waals surface area contributed by atoms with E-state index in [2.05, 4.69) is 35.3 Å². The Morgan fingerprint density at radius 1 is 1.15 bits per heavy atom. The van der Waals surface area contributed by atoms with Crippen molar-refractivity contribution in [2.75, 3.05) is 6.54 Å². The van der Waals surface area contributed by atoms with E-state index in [-0.39, 0.29) is 24.2 Å². The Hall–Kier alpha value is -3.39. The molecule has 0 aliphatic carbocycles. The summed E-state index contributed by atoms with van der Waals surface area (Å²) in [6.07, 6.45) is 3.22. The van der Waals surface area contributed by atoms with Crippen molar-refractivity contribution in [3.63, 3.8) is 0 Å². The number of rotatable bonds is 3. The van der Waals surface area contributed by atoms with Crippen LogP contribution in [0.2, 0.25) is 0 Å². The topological polar surface area (TPSA) is 61.9 Å². The molecular weight excluding hydrogens is 324 g/mol. The number of carbonyl (C=O) groups is 1. The SMILES string of the molecule is N#Cc1nccn1CC(=O)N1Cc2ccccc2[C@@H](c2ccccc2)C1. The van der Waals surface area contributed by atoms with Crippen LogP contribution < -0.4 is 0 Å². The monoisotopic (exact) mass is 342 g/mol. The maximum absolute atomic E-state index is 12.9. The van der Waals surface area contributed by atoms with Crippen molar-refractivity contribution >= 4 is 5.91 Å². The molecule has 1 amide bonds. The molecule has 0 spiro atoms. The maximum atomic E-state index is 12.9. The first-order valence-electron chi connectivity index (χ1n) is 8.58. The molecule has 0 N–H and O–H groups in total. The number of amides is 1. The molecule has 5 nitrogen and oxygen atoms in total. The van der Waals surface area contributed by atoms with Gasteiger partial charge in [0.15, 0.2) is 0 Å². The van der Waals surface area contributed by atoms with E-state index < -0.39 is 0 Å². The summed E-state index contributed by atoms with van der Waals surface area (Å²) in [5.74, 6) is 0.411. The van der Waals surface area contributed by atoms with Crippen LogP contribution in [0.25, 0.3) is 0 Å². The third kappa shape index (κ3) is 2.98. The number of imidazole rings is 1. The van der Waals surface area contributed by atoms with Gasteiger partial charge >= 0.3 is 0 Å². The summed E-state index contributed by atoms with van der Waals surface area (Å²) in [5.41, 5.74) is 3.66. The van der Waals surface area contributed by atoms with Crippen LogP contribution in [0.3, 0.4) is 0 Å². The summed E-state index contributed by atoms with van der Waals surface area (Å²) in [6.45, 7) is 1.36. The van der Waals surface area contributed by atoms with Crippen molar-refractivity contribution in [3.05, 3.63) is 89.5 Å². The minimum atomic E-state index is -0.00469. The van der Waals surface area contributed by atoms with E-state index in [1.165, 1.54) is 16.7 Å². The predicted molar refractivity (Wildman–Crippen MR) is 97.1 cm³/mol. The van der Waals surface area contributed by atoms with Gasteiger partial charge in [-0.3, -0.25) is 4.79 Å². The van der Waals surface area contributed by atoms with Gasteiger partial charge in [-0.25, -0.2) is 4.98 Å². The third-order valence-electron chi connectivity index (χ3n) is 4.87. The standard InChI is InChI=1S/C21H18N4O/c22-12-20-23-10-11-24(20)15-21(26)25-13-17-8-4-5-9-18(17)19(14-25)16-6-2-1-3-7-16/h1-11,19H,13-15H2/t19-/m1/s1. The molecule has 0 saturated heterocycles. The molecule has 0 saturated carbocycles. The van der Waals surface area contributed by atoms with Gasteiger partial charge in [-0.15, -0.1) is 0 Å². The Morgan fingerprint density at radius 2 is 1.92 bits per heavy atom. The first-order valence-corrected chi connectivity index (χ1v) is 8.58. The first-order chi connectivity index (χ1) is 12.8. The molecule has 1 aliphatic rings. The van der Waals surface area contributed by atoms with Crippen molar-refractivity contribution in [2.45, 2.75) is 19.0 Å². The highest BCUT2D eigenvalue weighted by molar-refractivity contribution is 5.77. The minimum absolute atomic E-state index is 0.00469. The van der Waals surface area contributed by atoms with Crippen LogP contribution >= 0.6 is 0 Å². The van der Waals surface area contributed by atoms with Gasteiger partial charge in [0.05, 0.1) is 0 Å². The third-order valence-corrected chi connectivity index (χ3v) is 4.87. The Bertz CT molecular complexity index is 971. The van der Waals surface area contributed by atoms with E-state index in [0.717, 1.165) is 0 Å². The Kier molecular flexibility index (Phi) is 4.24. The second-order valence-corrected chi connectivity index (χ2v) is 6.43. The highest BCUT2D eigenvalue weighted by Gasteiger charge is 2.29. The van der Waals surface area contributed by atoms with Crippen molar-refractivity contribution < 1.29 is 4.79 Å². The Balaban J connectivity index is 1.63. The predicted octanol–water partition coefficient (Wildman–Crippen LogP) is 2.93. The summed E-state index contributed by atoms with van der Waals surface area (Å²) >= 11 is 0. The van der Waals surface area contributed by atoms with Crippen LogP contribution in [0.1, 0.15) is 28.4 Å². The van der Waals surface area contributed by atoms with Crippen LogP contribution in [-0.4, -0.2) is 26.9 Å². The molecule has 1 aromatic heterocycles. The lowest BCUT2D eigenvalue weighted by molar-refractivity contribution is -0.133. The molecule has 5 heteroatoms. The summed E-state index contributed by atoms with van der Waals surface area (Å²) < 4.78 is 1.60. The van der Waals surface area contributed by atoms with Crippen LogP contribution in [0, 0.1) is 11.3 Å². The normalized spacial score (nSPS) is 16.0. The van der Waals surface area contributed by atoms with Crippen molar-refractivity contribution in [1.82, 2.24) is 14.5 Å². The van der Waals surface area contributed by atoms with Crippen LogP contribution in [-0.2, 0) is 17.9 Å². The van der Waals surface area contributed by atoms with Crippen LogP contribution in [0.4, 0.5) is 0 Å². The molecule has 4 rings (SSSR count). The average molecular weight is 342 g/mol. The lowest BCUT2D eigenvalue weighted by Gasteiger charge is -2.35. The van der Waals surface area contributed by atoms with Gasteiger partial charge in [0.2, 0.25) is 11.7 Å². The number of carbonyl (C=O) groups excluding carboxylic acids is 1. The van der Waals surface area contributed by atoms with Crippen molar-refractivity contribution in [1.29, 1.82) is 5.26 Å². The van der Waals surface area contributed by atoms with Gasteiger partial charge in [-0.1, -0.05) is 54.6 Å². The van der Waals surface area contributed by atoms with E-state index >= 15 is 0 Å². The average Bonchev–Trinajstić information content (AvgIpc) is 3.15. The molecule has 0 bridgehead atoms. The van der Waals surface area contributed by atoms with Gasteiger partial charge in [0.25, 0.3) is 0 Å². The summed E-state index contributed by atoms with van der Waals surface area (Å²) in [4.78, 5) is 18.7. The highest BCUT2D eigenvalue weighted by Crippen LogP contribution is 2.33. The van der Waals surface area contributed by atoms with E-state index in [4.69, 9.17) is 5.26 Å². The number of fused-ring (bicyclic) bond motifs is 1. The fourth-order valence-corrected chi connectivity index (χ4v) is 3.56. The lowest BCUT2D eigenvalue weighted by atomic mass is 9.84. The van der Waals surface area contributed by atoms with Gasteiger partial charge in [-0.2, -0.15) is 5.26 Å². The fourth-order valence-electron chi connectivity index (χ4n) is 3.56. The summed E-state index contributed by atoms with van der Waals surface area (Å²) in [7, 11) is 0. The second-order valence-electron chi connectivity index (χ2n) is 6.43. The number of hydrogen-bond acceptors (Lipinski definition) is 3. The van der Waals surface area contributed by atoms with E-state index in [1.54, 1.807) is 17.0 Å². The zero-order valence-corrected chi connectivity index (χ0v) is 14.2. The number of nitriles is 1. The van der Waals surface area contributed by atoms with E-state index in [9.17, 15) is 4.79 Å². The van der Waals surface area contributed by atoms with E-state index in [0.29, 0.717) is 13.1 Å². The molecule has 128 valence electrons. The van der Waals surface area contributed by atoms with Gasteiger partial charge in [0, 0.05) is 31.4 Å². The summed E-state index contributed by atoms with van der Waals surface area (Å²) in [6, 6.07) is 20.6. The molecule has 0 fully saturated rings. The Morgan fingerprint density at radius 3 is 2.73 bits per heavy atom. The second kappa shape index (κ2) is 6.85. The largest absolute Gasteiger partial charge is 0.336 e. The van der Waals surface area contributed by atoms with E-state index in [1.807, 2.05) is 35.2 Å². The summed E-state index contributed by atoms with van der Waals surface area (Å²) in [5, 5.41) is 9.09. The zero-order valence-electron chi connectivity index (χ0n) is 14.2. The van der Waals surface area contributed by atoms with Crippen molar-refractivity contribution in [3.8, 4) is 6.07 Å². The fraction of sp³-hybridized carbons (Fsp3) is 0.190. The Labute approximate surface area is 152 Å². The van der Waals surface area contributed by atoms with Gasteiger partial charge < -0.3 is 9.47 Å². The van der Waals surface area contributed by atoms with Crippen molar-refractivity contribution in [2.24, 2.45) is 0 Å². The lowest BCUT2D eigenvalue weighted by Crippen LogP contribution is -2.40. The molecule has 26 heavy (non-hydrogen) atoms. The highest BCUT2D eigenvalue weighted by atomic mass is 16.2. The molecule has 2 aromatic carbocycles. The quantitative estimate of drug-likeness (QED) is 0.735. The minimum Gasteiger partial charge on any atom is -0.336 e. The number of hydrogen-bond donors (Lipinski definition) is 0. The van der Waals surface area contributed by atoms with Crippen LogP contribution in [0.15, 0.2) is 67.0 Å². The number of benzene rings is 2. The molecule has 0 radical (unpaired) electrons. The number of nitrogens with zero attached hydrogens (tertiary/aromatic N) is 4. The first kappa shape index (κ1) is 16.1. The molecule has 0 unspecified atom stereocenters. The van der Waals surface area contributed by atoms with Crippen LogP contribution in [0.5, 0.6) is 0 Å². The molecule has 3 aromatic rings. The molecular formula is C21H18N4O. The molecule has 2 heterocycles. The molecule has 1 aliphatic heterocycles. The van der Waals surface area contributed by atoms with Gasteiger partial charge in [-0.05, 0) is 16.7 Å². The van der Waals surface area contributed by atoms with Gasteiger partial charge in [0.1, 0.15) is 12.6 Å². The smallest absolute Gasteiger partial charge is 0.242 e. The number of aromatic nitrogens is 2. The zero-order chi connectivity index (χ0) is 17.9. The maximum Gasteiger partial charge on any atom is 0.242 e.